The van der Waals surface area contributed by atoms with E-state index in [1.807, 2.05) is 47.4 Å². The number of hydrogen-bond acceptors (Lipinski definition) is 3. The van der Waals surface area contributed by atoms with Crippen molar-refractivity contribution < 1.29 is 14.7 Å². The third-order valence-electron chi connectivity index (χ3n) is 5.19. The van der Waals surface area contributed by atoms with Gasteiger partial charge in [-0.2, -0.15) is 0 Å². The van der Waals surface area contributed by atoms with E-state index in [2.05, 4.69) is 10.3 Å². The largest absolute Gasteiger partial charge is 0.395 e. The van der Waals surface area contributed by atoms with Gasteiger partial charge in [0.05, 0.1) is 19.6 Å². The third kappa shape index (κ3) is 3.64. The van der Waals surface area contributed by atoms with E-state index in [4.69, 9.17) is 5.11 Å². The Morgan fingerprint density at radius 3 is 2.75 bits per heavy atom. The van der Waals surface area contributed by atoms with Crippen LogP contribution in [-0.4, -0.2) is 46.5 Å². The number of H-pyrrole nitrogens is 1. The van der Waals surface area contributed by atoms with Gasteiger partial charge >= 0.3 is 0 Å². The minimum Gasteiger partial charge on any atom is -0.395 e. The fourth-order valence-electron chi connectivity index (χ4n) is 3.75. The molecule has 0 spiro atoms. The molecule has 0 radical (unpaired) electrons. The summed E-state index contributed by atoms with van der Waals surface area (Å²) in [4.78, 5) is 30.1. The summed E-state index contributed by atoms with van der Waals surface area (Å²) in [6, 6.07) is 15.3. The zero-order valence-corrected chi connectivity index (χ0v) is 15.6. The lowest BCUT2D eigenvalue weighted by molar-refractivity contribution is -0.131. The smallest absolute Gasteiger partial charge is 0.251 e. The standard InChI is InChI=1S/C22H23N3O3/c26-11-9-23-22(28)16-6-7-19-18(13-16)17-8-10-25(14-20(17)24-19)21(27)12-15-4-2-1-3-5-15/h1-7,13,24,26H,8-12,14H2,(H,23,28). The summed E-state index contributed by atoms with van der Waals surface area (Å²) in [5, 5.41) is 12.6. The Labute approximate surface area is 163 Å². The number of aliphatic hydroxyl groups excluding tert-OH is 1. The van der Waals surface area contributed by atoms with Crippen LogP contribution in [0.2, 0.25) is 0 Å². The van der Waals surface area contributed by atoms with Crippen LogP contribution >= 0.6 is 0 Å². The highest BCUT2D eigenvalue weighted by atomic mass is 16.3. The highest BCUT2D eigenvalue weighted by Gasteiger charge is 2.24. The molecule has 0 bridgehead atoms. The summed E-state index contributed by atoms with van der Waals surface area (Å²) in [5.41, 5.74) is 4.78. The van der Waals surface area contributed by atoms with Crippen molar-refractivity contribution in [3.05, 3.63) is 70.9 Å². The van der Waals surface area contributed by atoms with E-state index < -0.39 is 0 Å². The first-order chi connectivity index (χ1) is 13.7. The molecule has 28 heavy (non-hydrogen) atoms. The lowest BCUT2D eigenvalue weighted by Crippen LogP contribution is -2.36. The number of amides is 2. The van der Waals surface area contributed by atoms with Crippen molar-refractivity contribution >= 4 is 22.7 Å². The van der Waals surface area contributed by atoms with Crippen LogP contribution in [0.4, 0.5) is 0 Å². The molecule has 0 unspecified atom stereocenters. The van der Waals surface area contributed by atoms with E-state index in [0.717, 1.165) is 28.6 Å². The second kappa shape index (κ2) is 7.86. The normalized spacial score (nSPS) is 13.4. The van der Waals surface area contributed by atoms with Crippen LogP contribution in [0.1, 0.15) is 27.2 Å². The van der Waals surface area contributed by atoms with E-state index in [0.29, 0.717) is 25.1 Å². The summed E-state index contributed by atoms with van der Waals surface area (Å²) in [7, 11) is 0. The van der Waals surface area contributed by atoms with E-state index >= 15 is 0 Å². The molecule has 144 valence electrons. The quantitative estimate of drug-likeness (QED) is 0.636. The summed E-state index contributed by atoms with van der Waals surface area (Å²) in [6.07, 6.45) is 1.17. The topological polar surface area (TPSA) is 85.4 Å². The van der Waals surface area contributed by atoms with E-state index in [-0.39, 0.29) is 25.0 Å². The van der Waals surface area contributed by atoms with Gasteiger partial charge < -0.3 is 20.3 Å². The molecule has 1 aliphatic rings. The van der Waals surface area contributed by atoms with Gasteiger partial charge in [0.2, 0.25) is 5.91 Å². The number of carbonyl (C=O) groups excluding carboxylic acids is 2. The Bertz CT molecular complexity index is 1010. The molecule has 2 aromatic carbocycles. The van der Waals surface area contributed by atoms with Crippen molar-refractivity contribution in [2.45, 2.75) is 19.4 Å². The van der Waals surface area contributed by atoms with Gasteiger partial charge in [0.1, 0.15) is 0 Å². The van der Waals surface area contributed by atoms with Gasteiger partial charge in [0.25, 0.3) is 5.91 Å². The fourth-order valence-corrected chi connectivity index (χ4v) is 3.75. The molecule has 1 aromatic heterocycles. The minimum absolute atomic E-state index is 0.0830. The Morgan fingerprint density at radius 1 is 1.14 bits per heavy atom. The predicted molar refractivity (Wildman–Crippen MR) is 107 cm³/mol. The molecule has 4 rings (SSSR count). The molecule has 3 N–H and O–H groups in total. The third-order valence-corrected chi connectivity index (χ3v) is 5.19. The van der Waals surface area contributed by atoms with Crippen LogP contribution in [0, 0.1) is 0 Å². The van der Waals surface area contributed by atoms with Gasteiger partial charge in [-0.05, 0) is 35.7 Å². The SMILES string of the molecule is O=C(NCCO)c1ccc2[nH]c3c(c2c1)CCN(C(=O)Cc1ccccc1)C3. The van der Waals surface area contributed by atoms with Crippen molar-refractivity contribution in [1.29, 1.82) is 0 Å². The number of aliphatic hydroxyl groups is 1. The van der Waals surface area contributed by atoms with Gasteiger partial charge in [-0.25, -0.2) is 0 Å². The van der Waals surface area contributed by atoms with Crippen LogP contribution in [0.5, 0.6) is 0 Å². The summed E-state index contributed by atoms with van der Waals surface area (Å²) in [6.45, 7) is 1.38. The number of rotatable bonds is 5. The molecule has 2 amide bonds. The van der Waals surface area contributed by atoms with Gasteiger partial charge in [0, 0.05) is 35.2 Å². The number of fused-ring (bicyclic) bond motifs is 3. The van der Waals surface area contributed by atoms with Crippen LogP contribution in [-0.2, 0) is 24.2 Å². The van der Waals surface area contributed by atoms with Crippen molar-refractivity contribution in [1.82, 2.24) is 15.2 Å². The molecular formula is C22H23N3O3. The van der Waals surface area contributed by atoms with Gasteiger partial charge in [-0.3, -0.25) is 9.59 Å². The zero-order chi connectivity index (χ0) is 19.5. The van der Waals surface area contributed by atoms with Gasteiger partial charge in [0.15, 0.2) is 0 Å². The number of aromatic nitrogens is 1. The van der Waals surface area contributed by atoms with Crippen molar-refractivity contribution in [2.75, 3.05) is 19.7 Å². The molecule has 0 aliphatic carbocycles. The second-order valence-corrected chi connectivity index (χ2v) is 7.05. The van der Waals surface area contributed by atoms with E-state index in [1.165, 1.54) is 5.56 Å². The summed E-state index contributed by atoms with van der Waals surface area (Å²) in [5.74, 6) is -0.0686. The van der Waals surface area contributed by atoms with Crippen LogP contribution in [0.15, 0.2) is 48.5 Å². The number of benzene rings is 2. The first kappa shape index (κ1) is 18.3. The number of nitrogens with one attached hydrogen (secondary N) is 2. The lowest BCUT2D eigenvalue weighted by Gasteiger charge is -2.27. The first-order valence-corrected chi connectivity index (χ1v) is 9.50. The molecule has 6 nitrogen and oxygen atoms in total. The van der Waals surface area contributed by atoms with E-state index in [9.17, 15) is 9.59 Å². The molecule has 0 atom stereocenters. The highest BCUT2D eigenvalue weighted by molar-refractivity contribution is 5.99. The summed E-state index contributed by atoms with van der Waals surface area (Å²) < 4.78 is 0. The monoisotopic (exact) mass is 377 g/mol. The first-order valence-electron chi connectivity index (χ1n) is 9.50. The lowest BCUT2D eigenvalue weighted by atomic mass is 10.0. The Balaban J connectivity index is 1.52. The Kier molecular flexibility index (Phi) is 5.12. The number of aromatic amines is 1. The average Bonchev–Trinajstić information content (AvgIpc) is 3.09. The molecular weight excluding hydrogens is 354 g/mol. The Morgan fingerprint density at radius 2 is 1.96 bits per heavy atom. The maximum atomic E-state index is 12.7. The van der Waals surface area contributed by atoms with Crippen LogP contribution in [0.3, 0.4) is 0 Å². The zero-order valence-electron chi connectivity index (χ0n) is 15.6. The molecule has 1 aliphatic heterocycles. The Hall–Kier alpha value is -3.12. The molecule has 0 saturated carbocycles. The highest BCUT2D eigenvalue weighted by Crippen LogP contribution is 2.28. The fraction of sp³-hybridized carbons (Fsp3) is 0.273. The second-order valence-electron chi connectivity index (χ2n) is 7.05. The maximum absolute atomic E-state index is 12.7. The molecule has 0 fully saturated rings. The molecule has 2 heterocycles. The van der Waals surface area contributed by atoms with Crippen molar-refractivity contribution in [3.63, 3.8) is 0 Å². The van der Waals surface area contributed by atoms with Gasteiger partial charge in [-0.15, -0.1) is 0 Å². The number of nitrogens with zero attached hydrogens (tertiary/aromatic N) is 1. The minimum atomic E-state index is -0.193. The van der Waals surface area contributed by atoms with Crippen LogP contribution < -0.4 is 5.32 Å². The average molecular weight is 377 g/mol. The number of hydrogen-bond donors (Lipinski definition) is 3. The molecule has 0 saturated heterocycles. The summed E-state index contributed by atoms with van der Waals surface area (Å²) >= 11 is 0. The number of carbonyl (C=O) groups is 2. The predicted octanol–water partition coefficient (Wildman–Crippen LogP) is 2.02. The van der Waals surface area contributed by atoms with Gasteiger partial charge in [-0.1, -0.05) is 30.3 Å². The molecule has 3 aromatic rings. The van der Waals surface area contributed by atoms with Crippen molar-refractivity contribution in [3.8, 4) is 0 Å². The van der Waals surface area contributed by atoms with Crippen LogP contribution in [0.25, 0.3) is 10.9 Å². The molecule has 6 heteroatoms. The maximum Gasteiger partial charge on any atom is 0.251 e. The van der Waals surface area contributed by atoms with E-state index in [1.54, 1.807) is 6.07 Å². The van der Waals surface area contributed by atoms with Crippen molar-refractivity contribution in [2.24, 2.45) is 0 Å².